The predicted octanol–water partition coefficient (Wildman–Crippen LogP) is 1.12. The van der Waals surface area contributed by atoms with E-state index in [0.717, 1.165) is 19.3 Å². The van der Waals surface area contributed by atoms with Crippen LogP contribution in [-0.2, 0) is 32.3 Å². The summed E-state index contributed by atoms with van der Waals surface area (Å²) in [5.74, 6) is -0.316. The summed E-state index contributed by atoms with van der Waals surface area (Å²) in [4.78, 5) is 26.3. The number of rotatable bonds is 4. The van der Waals surface area contributed by atoms with E-state index in [4.69, 9.17) is 4.55 Å². The minimum atomic E-state index is -4.79. The van der Waals surface area contributed by atoms with Crippen LogP contribution in [0.3, 0.4) is 0 Å². The molecule has 0 spiro atoms. The van der Waals surface area contributed by atoms with Crippen molar-refractivity contribution in [3.05, 3.63) is 29.3 Å². The summed E-state index contributed by atoms with van der Waals surface area (Å²) in [6.07, 6.45) is 3.96. The molecule has 2 bridgehead atoms. The van der Waals surface area contributed by atoms with Crippen molar-refractivity contribution in [1.29, 1.82) is 0 Å². The number of nitrogens with zero attached hydrogens (tertiary/aromatic N) is 2. The van der Waals surface area contributed by atoms with Crippen LogP contribution in [0.1, 0.15) is 30.4 Å². The standard InChI is InChI=1S/C16H19N3O6S/c20-15(17-12-5-4-10-2-1-3-11(10)8-12)14-7-6-13-9-18(14)16(21)19(13)25-26(22,23)24/h4-5,8,13-14H,1-3,6-7,9H2,(H,17,20)(H,22,23,24)/t13-,14+/m1/s1. The highest BCUT2D eigenvalue weighted by Gasteiger charge is 2.49. The number of benzene rings is 1. The molecule has 2 saturated heterocycles. The van der Waals surface area contributed by atoms with Crippen LogP contribution in [0.15, 0.2) is 18.2 Å². The van der Waals surface area contributed by atoms with Crippen molar-refractivity contribution < 1.29 is 26.8 Å². The fraction of sp³-hybridized carbons (Fsp3) is 0.500. The Morgan fingerprint density at radius 2 is 2.00 bits per heavy atom. The summed E-state index contributed by atoms with van der Waals surface area (Å²) < 4.78 is 35.0. The molecule has 0 radical (unpaired) electrons. The zero-order valence-corrected chi connectivity index (χ0v) is 14.7. The van der Waals surface area contributed by atoms with Crippen LogP contribution in [0.2, 0.25) is 0 Å². The van der Waals surface area contributed by atoms with Crippen LogP contribution in [-0.4, -0.2) is 53.5 Å². The molecule has 0 unspecified atom stereocenters. The van der Waals surface area contributed by atoms with E-state index in [-0.39, 0.29) is 12.5 Å². The number of hydrogen-bond donors (Lipinski definition) is 2. The van der Waals surface area contributed by atoms with Gasteiger partial charge in [-0.2, -0.15) is 13.5 Å². The van der Waals surface area contributed by atoms with Gasteiger partial charge in [0.25, 0.3) is 0 Å². The molecule has 3 aliphatic rings. The molecule has 0 saturated carbocycles. The van der Waals surface area contributed by atoms with Gasteiger partial charge in [0.1, 0.15) is 6.04 Å². The lowest BCUT2D eigenvalue weighted by atomic mass is 10.00. The zero-order valence-electron chi connectivity index (χ0n) is 13.9. The lowest BCUT2D eigenvalue weighted by molar-refractivity contribution is -0.120. The Kier molecular flexibility index (Phi) is 4.13. The van der Waals surface area contributed by atoms with Crippen LogP contribution >= 0.6 is 0 Å². The number of fused-ring (bicyclic) bond motifs is 3. The zero-order chi connectivity index (χ0) is 18.5. The minimum absolute atomic E-state index is 0.177. The number of aryl methyl sites for hydroxylation is 2. The first-order chi connectivity index (χ1) is 12.3. The van der Waals surface area contributed by atoms with Gasteiger partial charge in [-0.05, 0) is 55.4 Å². The van der Waals surface area contributed by atoms with Crippen LogP contribution in [0, 0.1) is 0 Å². The number of carbonyl (C=O) groups is 2. The van der Waals surface area contributed by atoms with Gasteiger partial charge in [-0.1, -0.05) is 6.07 Å². The highest BCUT2D eigenvalue weighted by molar-refractivity contribution is 7.80. The SMILES string of the molecule is O=C(Nc1ccc2c(c1)CCC2)[C@@H]1CC[C@@H]2CN1C(=O)N2OS(=O)(=O)O. The number of anilines is 1. The first kappa shape index (κ1) is 17.3. The molecule has 4 rings (SSSR count). The molecule has 1 aliphatic carbocycles. The third-order valence-electron chi connectivity index (χ3n) is 5.17. The molecule has 26 heavy (non-hydrogen) atoms. The van der Waals surface area contributed by atoms with Gasteiger partial charge in [0.05, 0.1) is 6.04 Å². The second-order valence-corrected chi connectivity index (χ2v) is 7.84. The summed E-state index contributed by atoms with van der Waals surface area (Å²) in [7, 11) is -4.79. The Balaban J connectivity index is 1.47. The highest BCUT2D eigenvalue weighted by atomic mass is 32.3. The van der Waals surface area contributed by atoms with Crippen molar-refractivity contribution in [2.24, 2.45) is 0 Å². The quantitative estimate of drug-likeness (QED) is 0.755. The van der Waals surface area contributed by atoms with Gasteiger partial charge < -0.3 is 10.2 Å². The van der Waals surface area contributed by atoms with E-state index in [0.29, 0.717) is 23.6 Å². The lowest BCUT2D eigenvalue weighted by Crippen LogP contribution is -2.47. The number of carbonyl (C=O) groups excluding carboxylic acids is 2. The Bertz CT molecular complexity index is 871. The highest BCUT2D eigenvalue weighted by Crippen LogP contribution is 2.31. The van der Waals surface area contributed by atoms with Crippen LogP contribution < -0.4 is 5.32 Å². The molecule has 1 aromatic rings. The molecule has 140 valence electrons. The fourth-order valence-corrected chi connectivity index (χ4v) is 4.37. The average molecular weight is 381 g/mol. The molecule has 10 heteroatoms. The van der Waals surface area contributed by atoms with E-state index in [9.17, 15) is 18.0 Å². The lowest BCUT2D eigenvalue weighted by Gasteiger charge is -2.29. The van der Waals surface area contributed by atoms with Gasteiger partial charge in [0.15, 0.2) is 0 Å². The summed E-state index contributed by atoms with van der Waals surface area (Å²) in [6, 6.07) is 3.88. The smallest absolute Gasteiger partial charge is 0.324 e. The molecule has 2 fully saturated rings. The Hall–Kier alpha value is -2.17. The summed E-state index contributed by atoms with van der Waals surface area (Å²) >= 11 is 0. The van der Waals surface area contributed by atoms with Crippen molar-refractivity contribution in [2.75, 3.05) is 11.9 Å². The molecular weight excluding hydrogens is 362 g/mol. The monoisotopic (exact) mass is 381 g/mol. The largest absolute Gasteiger partial charge is 0.418 e. The van der Waals surface area contributed by atoms with E-state index in [1.165, 1.54) is 16.0 Å². The van der Waals surface area contributed by atoms with E-state index < -0.39 is 28.5 Å². The van der Waals surface area contributed by atoms with Gasteiger partial charge in [-0.25, -0.2) is 4.79 Å². The molecule has 3 amide bonds. The Morgan fingerprint density at radius 3 is 2.77 bits per heavy atom. The molecule has 2 heterocycles. The van der Waals surface area contributed by atoms with E-state index in [1.54, 1.807) is 0 Å². The number of amides is 3. The molecule has 2 aliphatic heterocycles. The topological polar surface area (TPSA) is 116 Å². The van der Waals surface area contributed by atoms with E-state index in [2.05, 4.69) is 9.60 Å². The van der Waals surface area contributed by atoms with Crippen molar-refractivity contribution in [1.82, 2.24) is 9.96 Å². The molecule has 9 nitrogen and oxygen atoms in total. The summed E-state index contributed by atoms with van der Waals surface area (Å²) in [5, 5.41) is 3.48. The second kappa shape index (κ2) is 6.22. The number of urea groups is 1. The number of piperidine rings is 1. The Labute approximate surface area is 150 Å². The van der Waals surface area contributed by atoms with Crippen molar-refractivity contribution in [3.63, 3.8) is 0 Å². The molecule has 2 N–H and O–H groups in total. The first-order valence-corrected chi connectivity index (χ1v) is 9.88. The summed E-state index contributed by atoms with van der Waals surface area (Å²) in [6.45, 7) is 0.177. The fourth-order valence-electron chi connectivity index (χ4n) is 3.98. The summed E-state index contributed by atoms with van der Waals surface area (Å²) in [5.41, 5.74) is 3.23. The van der Waals surface area contributed by atoms with Gasteiger partial charge >= 0.3 is 16.4 Å². The maximum absolute atomic E-state index is 12.7. The number of nitrogens with one attached hydrogen (secondary N) is 1. The normalized spacial score (nSPS) is 24.7. The van der Waals surface area contributed by atoms with Gasteiger partial charge in [0, 0.05) is 12.2 Å². The van der Waals surface area contributed by atoms with Crippen LogP contribution in [0.25, 0.3) is 0 Å². The molecule has 1 aromatic carbocycles. The third kappa shape index (κ3) is 3.15. The molecular formula is C16H19N3O6S. The number of hydroxylamine groups is 2. The molecule has 0 aromatic heterocycles. The maximum Gasteiger partial charge on any atom is 0.418 e. The number of hydrogen-bond acceptors (Lipinski definition) is 5. The van der Waals surface area contributed by atoms with Gasteiger partial charge in [-0.3, -0.25) is 9.35 Å². The van der Waals surface area contributed by atoms with Crippen molar-refractivity contribution >= 4 is 28.0 Å². The average Bonchev–Trinajstić information content (AvgIpc) is 3.13. The molecule has 2 atom stereocenters. The second-order valence-electron chi connectivity index (χ2n) is 6.84. The van der Waals surface area contributed by atoms with Gasteiger partial charge in [0.2, 0.25) is 5.91 Å². The van der Waals surface area contributed by atoms with E-state index in [1.807, 2.05) is 18.2 Å². The third-order valence-corrected chi connectivity index (χ3v) is 5.52. The van der Waals surface area contributed by atoms with Gasteiger partial charge in [-0.15, -0.1) is 4.28 Å². The van der Waals surface area contributed by atoms with E-state index >= 15 is 0 Å². The van der Waals surface area contributed by atoms with Crippen LogP contribution in [0.5, 0.6) is 0 Å². The predicted molar refractivity (Wildman–Crippen MR) is 90.5 cm³/mol. The van der Waals surface area contributed by atoms with Crippen molar-refractivity contribution in [2.45, 2.75) is 44.2 Å². The van der Waals surface area contributed by atoms with Crippen LogP contribution in [0.4, 0.5) is 10.5 Å². The maximum atomic E-state index is 12.7. The first-order valence-electron chi connectivity index (χ1n) is 8.51. The Morgan fingerprint density at radius 1 is 1.23 bits per heavy atom. The minimum Gasteiger partial charge on any atom is -0.324 e. The van der Waals surface area contributed by atoms with Crippen molar-refractivity contribution in [3.8, 4) is 0 Å².